The molecule has 0 unspecified atom stereocenters. The SMILES string of the molecule is C=C(Cl)OC(=O)N1CCO[C@@H](c2ccc([N+](=O)[O-])cc2)C1. The number of hydrogen-bond acceptors (Lipinski definition) is 5. The highest BCUT2D eigenvalue weighted by atomic mass is 35.5. The molecule has 1 heterocycles. The van der Waals surface area contributed by atoms with E-state index in [-0.39, 0.29) is 23.6 Å². The predicted octanol–water partition coefficient (Wildman–Crippen LogP) is 2.81. The van der Waals surface area contributed by atoms with Gasteiger partial charge < -0.3 is 14.4 Å². The van der Waals surface area contributed by atoms with Gasteiger partial charge in [0.05, 0.1) is 18.1 Å². The summed E-state index contributed by atoms with van der Waals surface area (Å²) in [5.74, 6) is 0. The fourth-order valence-corrected chi connectivity index (χ4v) is 2.05. The highest BCUT2D eigenvalue weighted by Gasteiger charge is 2.27. The number of benzene rings is 1. The van der Waals surface area contributed by atoms with E-state index in [9.17, 15) is 14.9 Å². The zero-order valence-electron chi connectivity index (χ0n) is 11.0. The molecule has 0 spiro atoms. The largest absolute Gasteiger partial charge is 0.416 e. The lowest BCUT2D eigenvalue weighted by atomic mass is 10.1. The van der Waals surface area contributed by atoms with Crippen LogP contribution in [0.25, 0.3) is 0 Å². The monoisotopic (exact) mass is 312 g/mol. The first-order valence-corrected chi connectivity index (χ1v) is 6.52. The molecule has 112 valence electrons. The van der Waals surface area contributed by atoms with Gasteiger partial charge in [-0.1, -0.05) is 0 Å². The molecule has 0 saturated carbocycles. The van der Waals surface area contributed by atoms with Crippen molar-refractivity contribution in [1.29, 1.82) is 0 Å². The summed E-state index contributed by atoms with van der Waals surface area (Å²) < 4.78 is 10.3. The van der Waals surface area contributed by atoms with E-state index in [1.54, 1.807) is 12.1 Å². The van der Waals surface area contributed by atoms with Crippen molar-refractivity contribution in [2.24, 2.45) is 0 Å². The molecule has 1 saturated heterocycles. The molecule has 0 N–H and O–H groups in total. The molecule has 7 nitrogen and oxygen atoms in total. The molecule has 1 atom stereocenters. The molecule has 0 aromatic heterocycles. The number of carbonyl (C=O) groups is 1. The lowest BCUT2D eigenvalue weighted by Gasteiger charge is -2.32. The molecule has 0 bridgehead atoms. The second-order valence-electron chi connectivity index (χ2n) is 4.38. The molecule has 1 aromatic rings. The molecular formula is C13H13ClN2O5. The highest BCUT2D eigenvalue weighted by Crippen LogP contribution is 2.24. The summed E-state index contributed by atoms with van der Waals surface area (Å²) >= 11 is 5.43. The highest BCUT2D eigenvalue weighted by molar-refractivity contribution is 6.28. The van der Waals surface area contributed by atoms with Crippen LogP contribution in [0.1, 0.15) is 11.7 Å². The van der Waals surface area contributed by atoms with E-state index in [1.807, 2.05) is 0 Å². The van der Waals surface area contributed by atoms with Gasteiger partial charge in [0.25, 0.3) is 5.69 Å². The minimum Gasteiger partial charge on any atom is -0.398 e. The third kappa shape index (κ3) is 3.93. The van der Waals surface area contributed by atoms with E-state index in [1.165, 1.54) is 17.0 Å². The number of amides is 1. The minimum absolute atomic E-state index is 0.00395. The first-order valence-electron chi connectivity index (χ1n) is 6.14. The summed E-state index contributed by atoms with van der Waals surface area (Å²) in [4.78, 5) is 23.3. The average Bonchev–Trinajstić information content (AvgIpc) is 2.47. The fraction of sp³-hybridized carbons (Fsp3) is 0.308. The van der Waals surface area contributed by atoms with E-state index >= 15 is 0 Å². The van der Waals surface area contributed by atoms with Crippen molar-refractivity contribution in [2.75, 3.05) is 19.7 Å². The standard InChI is InChI=1S/C13H13ClN2O5/c1-9(14)21-13(17)15-6-7-20-12(8-15)10-2-4-11(5-3-10)16(18)19/h2-5,12H,1,6-8H2/t12-/m1/s1. The Morgan fingerprint density at radius 2 is 2.14 bits per heavy atom. The lowest BCUT2D eigenvalue weighted by molar-refractivity contribution is -0.384. The van der Waals surface area contributed by atoms with E-state index in [0.29, 0.717) is 13.2 Å². The molecule has 0 aliphatic carbocycles. The lowest BCUT2D eigenvalue weighted by Crippen LogP contribution is -2.42. The summed E-state index contributed by atoms with van der Waals surface area (Å²) in [6.07, 6.45) is -0.957. The number of carbonyl (C=O) groups excluding carboxylic acids is 1. The maximum Gasteiger partial charge on any atom is 0.416 e. The molecule has 1 aliphatic rings. The Labute approximate surface area is 125 Å². The maximum absolute atomic E-state index is 11.7. The van der Waals surface area contributed by atoms with Gasteiger partial charge in [-0.25, -0.2) is 4.79 Å². The van der Waals surface area contributed by atoms with Gasteiger partial charge in [-0.05, 0) is 35.9 Å². The number of non-ortho nitro benzene ring substituents is 1. The van der Waals surface area contributed by atoms with E-state index in [2.05, 4.69) is 6.58 Å². The van der Waals surface area contributed by atoms with E-state index < -0.39 is 11.0 Å². The van der Waals surface area contributed by atoms with Gasteiger partial charge in [0.1, 0.15) is 6.10 Å². The molecule has 2 rings (SSSR count). The Hall–Kier alpha value is -2.12. The second-order valence-corrected chi connectivity index (χ2v) is 4.80. The van der Waals surface area contributed by atoms with Crippen molar-refractivity contribution in [3.63, 3.8) is 0 Å². The van der Waals surface area contributed by atoms with Gasteiger partial charge in [0, 0.05) is 18.7 Å². The number of nitro benzene ring substituents is 1. The first kappa shape index (κ1) is 15.3. The van der Waals surface area contributed by atoms with Crippen molar-refractivity contribution >= 4 is 23.4 Å². The minimum atomic E-state index is -0.592. The number of hydrogen-bond donors (Lipinski definition) is 0. The van der Waals surface area contributed by atoms with Crippen LogP contribution in [0.2, 0.25) is 0 Å². The van der Waals surface area contributed by atoms with Gasteiger partial charge in [0.2, 0.25) is 0 Å². The predicted molar refractivity (Wildman–Crippen MR) is 74.8 cm³/mol. The second kappa shape index (κ2) is 6.55. The van der Waals surface area contributed by atoms with Crippen LogP contribution < -0.4 is 0 Å². The van der Waals surface area contributed by atoms with Crippen LogP contribution in [0, 0.1) is 10.1 Å². The van der Waals surface area contributed by atoms with Gasteiger partial charge in [0.15, 0.2) is 5.22 Å². The third-order valence-corrected chi connectivity index (χ3v) is 3.08. The van der Waals surface area contributed by atoms with Crippen LogP contribution in [0.15, 0.2) is 36.1 Å². The van der Waals surface area contributed by atoms with Gasteiger partial charge >= 0.3 is 6.09 Å². The quantitative estimate of drug-likeness (QED) is 0.487. The Morgan fingerprint density at radius 1 is 1.48 bits per heavy atom. The first-order chi connectivity index (χ1) is 9.97. The molecule has 8 heteroatoms. The Kier molecular flexibility index (Phi) is 4.77. The molecule has 21 heavy (non-hydrogen) atoms. The Bertz CT molecular complexity index is 560. The van der Waals surface area contributed by atoms with Gasteiger partial charge in [-0.2, -0.15) is 0 Å². The van der Waals surface area contributed by atoms with E-state index in [0.717, 1.165) is 5.56 Å². The number of morpholine rings is 1. The molecule has 0 radical (unpaired) electrons. The zero-order chi connectivity index (χ0) is 15.4. The number of nitro groups is 1. The van der Waals surface area contributed by atoms with Crippen molar-refractivity contribution in [3.8, 4) is 0 Å². The molecule has 1 aromatic carbocycles. The van der Waals surface area contributed by atoms with Gasteiger partial charge in [-0.15, -0.1) is 0 Å². The Balaban J connectivity index is 2.05. The number of rotatable bonds is 3. The molecular weight excluding hydrogens is 300 g/mol. The van der Waals surface area contributed by atoms with Crippen molar-refractivity contribution < 1.29 is 19.2 Å². The van der Waals surface area contributed by atoms with Crippen molar-refractivity contribution in [1.82, 2.24) is 4.90 Å². The zero-order valence-corrected chi connectivity index (χ0v) is 11.8. The summed E-state index contributed by atoms with van der Waals surface area (Å²) in [5.41, 5.74) is 0.757. The fourth-order valence-electron chi connectivity index (χ4n) is 1.99. The van der Waals surface area contributed by atoms with Gasteiger partial charge in [-0.3, -0.25) is 10.1 Å². The van der Waals surface area contributed by atoms with E-state index in [4.69, 9.17) is 21.1 Å². The molecule has 1 aliphatic heterocycles. The summed E-state index contributed by atoms with van der Waals surface area (Å²) in [6.45, 7) is 4.29. The van der Waals surface area contributed by atoms with Crippen LogP contribution in [0.4, 0.5) is 10.5 Å². The summed E-state index contributed by atoms with van der Waals surface area (Å²) in [5, 5.41) is 10.4. The smallest absolute Gasteiger partial charge is 0.398 e. The Morgan fingerprint density at radius 3 is 2.71 bits per heavy atom. The number of nitrogens with zero attached hydrogens (tertiary/aromatic N) is 2. The molecule has 1 amide bonds. The van der Waals surface area contributed by atoms with Crippen molar-refractivity contribution in [3.05, 3.63) is 51.7 Å². The topological polar surface area (TPSA) is 81.9 Å². The van der Waals surface area contributed by atoms with Crippen LogP contribution in [0.3, 0.4) is 0 Å². The van der Waals surface area contributed by atoms with Crippen LogP contribution in [-0.2, 0) is 9.47 Å². The normalized spacial score (nSPS) is 18.1. The van der Waals surface area contributed by atoms with Crippen LogP contribution in [-0.4, -0.2) is 35.6 Å². The summed E-state index contributed by atoms with van der Waals surface area (Å²) in [6, 6.07) is 6.02. The number of ether oxygens (including phenoxy) is 2. The third-order valence-electron chi connectivity index (χ3n) is 3.00. The maximum atomic E-state index is 11.7. The van der Waals surface area contributed by atoms with Crippen LogP contribution >= 0.6 is 11.6 Å². The van der Waals surface area contributed by atoms with Crippen molar-refractivity contribution in [2.45, 2.75) is 6.10 Å². The average molecular weight is 313 g/mol. The molecule has 1 fully saturated rings. The summed E-state index contributed by atoms with van der Waals surface area (Å²) in [7, 11) is 0. The number of halogens is 1. The van der Waals surface area contributed by atoms with Crippen LogP contribution in [0.5, 0.6) is 0 Å².